The highest BCUT2D eigenvalue weighted by Crippen LogP contribution is 2.32. The second-order valence-corrected chi connectivity index (χ2v) is 6.92. The van der Waals surface area contributed by atoms with Gasteiger partial charge in [-0.15, -0.1) is 6.58 Å². The maximum atomic E-state index is 12.9. The summed E-state index contributed by atoms with van der Waals surface area (Å²) >= 11 is 0. The number of hydrogen-bond donors (Lipinski definition) is 0. The number of ether oxygens (including phenoxy) is 1. The molecular formula is C16H19NO4S. The van der Waals surface area contributed by atoms with Crippen LogP contribution in [0.4, 0.5) is 0 Å². The maximum absolute atomic E-state index is 12.9. The molecule has 1 aromatic rings. The summed E-state index contributed by atoms with van der Waals surface area (Å²) in [5, 5.41) is 0. The van der Waals surface area contributed by atoms with Crippen LogP contribution in [0.5, 0.6) is 0 Å². The van der Waals surface area contributed by atoms with E-state index in [1.807, 2.05) is 6.92 Å². The molecule has 1 atom stereocenters. The molecule has 0 saturated heterocycles. The number of sulfonamides is 1. The van der Waals surface area contributed by atoms with Crippen molar-refractivity contribution in [1.82, 2.24) is 4.31 Å². The van der Waals surface area contributed by atoms with E-state index in [4.69, 9.17) is 4.74 Å². The fraction of sp³-hybridized carbons (Fsp3) is 0.312. The molecule has 0 aliphatic carbocycles. The molecule has 0 spiro atoms. The lowest BCUT2D eigenvalue weighted by molar-refractivity contribution is -0.137. The zero-order valence-electron chi connectivity index (χ0n) is 12.7. The molecule has 0 radical (unpaired) electrons. The number of aryl methyl sites for hydroxylation is 1. The largest absolute Gasteiger partial charge is 0.464 e. The molecule has 5 nitrogen and oxygen atoms in total. The predicted octanol–water partition coefficient (Wildman–Crippen LogP) is 2.39. The van der Waals surface area contributed by atoms with Crippen LogP contribution in [0.25, 0.3) is 0 Å². The van der Waals surface area contributed by atoms with Gasteiger partial charge in [-0.3, -0.25) is 4.31 Å². The molecule has 118 valence electrons. The molecule has 0 aromatic heterocycles. The lowest BCUT2D eigenvalue weighted by Gasteiger charge is -2.27. The normalized spacial score (nSPS) is 18.0. The third-order valence-corrected chi connectivity index (χ3v) is 5.44. The van der Waals surface area contributed by atoms with Gasteiger partial charge in [0.2, 0.25) is 0 Å². The second kappa shape index (κ2) is 6.36. The first-order valence-corrected chi connectivity index (χ1v) is 8.36. The summed E-state index contributed by atoms with van der Waals surface area (Å²) in [6, 6.07) is 6.20. The third kappa shape index (κ3) is 2.92. The molecule has 0 N–H and O–H groups in total. The molecule has 0 fully saturated rings. The molecule has 0 bridgehead atoms. The summed E-state index contributed by atoms with van der Waals surface area (Å²) in [6.07, 6.45) is 4.17. The number of benzene rings is 1. The van der Waals surface area contributed by atoms with E-state index in [9.17, 15) is 13.2 Å². The summed E-state index contributed by atoms with van der Waals surface area (Å²) in [4.78, 5) is 12.0. The van der Waals surface area contributed by atoms with Gasteiger partial charge in [-0.2, -0.15) is 0 Å². The smallest absolute Gasteiger partial charge is 0.355 e. The monoisotopic (exact) mass is 321 g/mol. The van der Waals surface area contributed by atoms with Crippen molar-refractivity contribution in [2.75, 3.05) is 7.11 Å². The molecule has 1 heterocycles. The van der Waals surface area contributed by atoms with Crippen LogP contribution in [-0.4, -0.2) is 31.8 Å². The van der Waals surface area contributed by atoms with Crippen molar-refractivity contribution in [2.45, 2.75) is 30.7 Å². The second-order valence-electron chi connectivity index (χ2n) is 5.11. The number of rotatable bonds is 5. The Labute approximate surface area is 130 Å². The van der Waals surface area contributed by atoms with E-state index in [1.165, 1.54) is 7.11 Å². The van der Waals surface area contributed by atoms with Crippen molar-refractivity contribution in [1.29, 1.82) is 0 Å². The third-order valence-electron chi connectivity index (χ3n) is 3.56. The Morgan fingerprint density at radius 2 is 2.05 bits per heavy atom. The SMILES string of the molecule is C=CCC1CC=C(C(=O)OC)N1S(=O)(=O)c1ccc(C)cc1. The van der Waals surface area contributed by atoms with Crippen LogP contribution in [0.3, 0.4) is 0 Å². The number of hydrogen-bond acceptors (Lipinski definition) is 4. The molecule has 1 aliphatic heterocycles. The van der Waals surface area contributed by atoms with E-state index in [0.717, 1.165) is 9.87 Å². The van der Waals surface area contributed by atoms with E-state index < -0.39 is 16.0 Å². The topological polar surface area (TPSA) is 63.7 Å². The summed E-state index contributed by atoms with van der Waals surface area (Å²) < 4.78 is 31.7. The number of carbonyl (C=O) groups excluding carboxylic acids is 1. The van der Waals surface area contributed by atoms with Crippen molar-refractivity contribution in [3.05, 3.63) is 54.3 Å². The first-order chi connectivity index (χ1) is 10.4. The number of methoxy groups -OCH3 is 1. The quantitative estimate of drug-likeness (QED) is 0.617. The summed E-state index contributed by atoms with van der Waals surface area (Å²) in [7, 11) is -2.58. The molecule has 0 amide bonds. The lowest BCUT2D eigenvalue weighted by Crippen LogP contribution is -2.38. The van der Waals surface area contributed by atoms with E-state index in [2.05, 4.69) is 6.58 Å². The summed E-state index contributed by atoms with van der Waals surface area (Å²) in [5.41, 5.74) is 1.03. The van der Waals surface area contributed by atoms with Crippen LogP contribution in [0, 0.1) is 6.92 Å². The minimum atomic E-state index is -3.81. The van der Waals surface area contributed by atoms with Gasteiger partial charge >= 0.3 is 5.97 Å². The highest BCUT2D eigenvalue weighted by Gasteiger charge is 2.39. The Kier molecular flexibility index (Phi) is 4.71. The lowest BCUT2D eigenvalue weighted by atomic mass is 10.2. The zero-order valence-corrected chi connectivity index (χ0v) is 13.5. The van der Waals surface area contributed by atoms with E-state index in [0.29, 0.717) is 12.8 Å². The van der Waals surface area contributed by atoms with Crippen LogP contribution < -0.4 is 0 Å². The van der Waals surface area contributed by atoms with Gasteiger partial charge in [0.25, 0.3) is 10.0 Å². The van der Waals surface area contributed by atoms with Gasteiger partial charge in [-0.25, -0.2) is 13.2 Å². The van der Waals surface area contributed by atoms with Crippen molar-refractivity contribution in [3.8, 4) is 0 Å². The molecule has 6 heteroatoms. The highest BCUT2D eigenvalue weighted by atomic mass is 32.2. The highest BCUT2D eigenvalue weighted by molar-refractivity contribution is 7.89. The fourth-order valence-electron chi connectivity index (χ4n) is 2.44. The van der Waals surface area contributed by atoms with Gasteiger partial charge in [-0.1, -0.05) is 29.8 Å². The Morgan fingerprint density at radius 1 is 1.41 bits per heavy atom. The van der Waals surface area contributed by atoms with Crippen LogP contribution in [0.15, 0.2) is 53.6 Å². The van der Waals surface area contributed by atoms with Crippen LogP contribution >= 0.6 is 0 Å². The van der Waals surface area contributed by atoms with Gasteiger partial charge in [0.15, 0.2) is 0 Å². The number of esters is 1. The Bertz CT molecular complexity index is 704. The summed E-state index contributed by atoms with van der Waals surface area (Å²) in [6.45, 7) is 5.54. The van der Waals surface area contributed by atoms with Crippen LogP contribution in [0.1, 0.15) is 18.4 Å². The van der Waals surface area contributed by atoms with Gasteiger partial charge in [-0.05, 0) is 31.9 Å². The van der Waals surface area contributed by atoms with Crippen molar-refractivity contribution < 1.29 is 17.9 Å². The molecule has 1 aliphatic rings. The van der Waals surface area contributed by atoms with E-state index in [1.54, 1.807) is 36.4 Å². The van der Waals surface area contributed by atoms with Crippen molar-refractivity contribution >= 4 is 16.0 Å². The molecule has 2 rings (SSSR count). The molecule has 22 heavy (non-hydrogen) atoms. The van der Waals surface area contributed by atoms with Crippen molar-refractivity contribution in [3.63, 3.8) is 0 Å². The Hall–Kier alpha value is -2.08. The number of carbonyl (C=O) groups is 1. The zero-order chi connectivity index (χ0) is 16.3. The Morgan fingerprint density at radius 3 is 2.59 bits per heavy atom. The molecule has 0 saturated carbocycles. The average Bonchev–Trinajstić information content (AvgIpc) is 2.92. The van der Waals surface area contributed by atoms with Gasteiger partial charge in [0, 0.05) is 0 Å². The first kappa shape index (κ1) is 16.3. The van der Waals surface area contributed by atoms with E-state index >= 15 is 0 Å². The van der Waals surface area contributed by atoms with Crippen LogP contribution in [-0.2, 0) is 19.6 Å². The predicted molar refractivity (Wildman–Crippen MR) is 83.5 cm³/mol. The minimum Gasteiger partial charge on any atom is -0.464 e. The molecular weight excluding hydrogens is 302 g/mol. The maximum Gasteiger partial charge on any atom is 0.355 e. The summed E-state index contributed by atoms with van der Waals surface area (Å²) in [5.74, 6) is -0.651. The Balaban J connectivity index is 2.47. The minimum absolute atomic E-state index is 0.0647. The van der Waals surface area contributed by atoms with Crippen LogP contribution in [0.2, 0.25) is 0 Å². The number of nitrogens with zero attached hydrogens (tertiary/aromatic N) is 1. The molecule has 1 unspecified atom stereocenters. The van der Waals surface area contributed by atoms with Gasteiger partial charge < -0.3 is 4.74 Å². The van der Waals surface area contributed by atoms with Gasteiger partial charge in [0.1, 0.15) is 5.70 Å². The molecule has 1 aromatic carbocycles. The fourth-order valence-corrected chi connectivity index (χ4v) is 4.12. The first-order valence-electron chi connectivity index (χ1n) is 6.92. The van der Waals surface area contributed by atoms with Gasteiger partial charge in [0.05, 0.1) is 18.0 Å². The van der Waals surface area contributed by atoms with Crippen molar-refractivity contribution in [2.24, 2.45) is 0 Å². The average molecular weight is 321 g/mol. The standard InChI is InChI=1S/C16H19NO4S/c1-4-5-13-8-11-15(16(18)21-3)17(13)22(19,20)14-9-6-12(2)7-10-14/h4,6-7,9-11,13H,1,5,8H2,2-3H3. The van der Waals surface area contributed by atoms with E-state index in [-0.39, 0.29) is 16.6 Å².